The Hall–Kier alpha value is -2.89. The number of aryl methyl sites for hydroxylation is 1. The number of carbonyl (C=O) groups is 1. The van der Waals surface area contributed by atoms with Crippen molar-refractivity contribution in [1.82, 2.24) is 5.32 Å². The topological polar surface area (TPSA) is 50.4 Å². The number of thiocarbonyl (C=S) groups is 1. The molecule has 3 rings (SSSR count). The molecule has 0 fully saturated rings. The van der Waals surface area contributed by atoms with Crippen molar-refractivity contribution in [2.75, 3.05) is 11.9 Å². The van der Waals surface area contributed by atoms with Gasteiger partial charge >= 0.3 is 0 Å². The molecule has 1 amide bonds. The minimum absolute atomic E-state index is 0.192. The Morgan fingerprint density at radius 1 is 0.933 bits per heavy atom. The molecule has 6 heteroatoms. The Morgan fingerprint density at radius 2 is 1.70 bits per heavy atom. The standard InChI is InChI=1S/C24H23ClN2O2S/c25-20-13-11-19(12-14-20)16-23(28)27-24(30)26-21-9-4-10-22(17-21)29-15-5-8-18-6-2-1-3-7-18/h1-4,6-7,9-14,17H,5,8,15-16H2,(H2,26,27,28,30). The first-order valence-electron chi connectivity index (χ1n) is 9.70. The molecule has 0 saturated heterocycles. The lowest BCUT2D eigenvalue weighted by Crippen LogP contribution is -2.35. The highest BCUT2D eigenvalue weighted by Gasteiger charge is 2.07. The molecule has 0 bridgehead atoms. The van der Waals surface area contributed by atoms with Gasteiger partial charge in [0.05, 0.1) is 13.0 Å². The van der Waals surface area contributed by atoms with Crippen molar-refractivity contribution in [2.45, 2.75) is 19.3 Å². The van der Waals surface area contributed by atoms with Crippen LogP contribution in [0.15, 0.2) is 78.9 Å². The maximum absolute atomic E-state index is 12.2. The smallest absolute Gasteiger partial charge is 0.230 e. The highest BCUT2D eigenvalue weighted by Crippen LogP contribution is 2.18. The highest BCUT2D eigenvalue weighted by atomic mass is 35.5. The molecule has 0 spiro atoms. The van der Waals surface area contributed by atoms with Gasteiger partial charge in [0.2, 0.25) is 5.91 Å². The van der Waals surface area contributed by atoms with Crippen LogP contribution in [0.1, 0.15) is 17.5 Å². The number of amides is 1. The van der Waals surface area contributed by atoms with Crippen LogP contribution in [0.2, 0.25) is 5.02 Å². The van der Waals surface area contributed by atoms with E-state index in [-0.39, 0.29) is 17.4 Å². The van der Waals surface area contributed by atoms with Crippen molar-refractivity contribution in [2.24, 2.45) is 0 Å². The van der Waals surface area contributed by atoms with E-state index >= 15 is 0 Å². The lowest BCUT2D eigenvalue weighted by atomic mass is 10.1. The van der Waals surface area contributed by atoms with E-state index in [2.05, 4.69) is 22.8 Å². The molecule has 30 heavy (non-hydrogen) atoms. The van der Waals surface area contributed by atoms with Crippen molar-refractivity contribution in [3.05, 3.63) is 95.0 Å². The number of hydrogen-bond acceptors (Lipinski definition) is 3. The predicted molar refractivity (Wildman–Crippen MR) is 126 cm³/mol. The lowest BCUT2D eigenvalue weighted by molar-refractivity contribution is -0.119. The van der Waals surface area contributed by atoms with E-state index in [0.29, 0.717) is 11.6 Å². The van der Waals surface area contributed by atoms with Crippen LogP contribution in [0.4, 0.5) is 5.69 Å². The van der Waals surface area contributed by atoms with Crippen LogP contribution < -0.4 is 15.4 Å². The number of nitrogens with one attached hydrogen (secondary N) is 2. The van der Waals surface area contributed by atoms with Gasteiger partial charge in [-0.2, -0.15) is 0 Å². The van der Waals surface area contributed by atoms with Gasteiger partial charge in [0.15, 0.2) is 5.11 Å². The third-order valence-electron chi connectivity index (χ3n) is 4.34. The van der Waals surface area contributed by atoms with Crippen LogP contribution in [0, 0.1) is 0 Å². The second kappa shape index (κ2) is 11.3. The molecule has 0 unspecified atom stereocenters. The van der Waals surface area contributed by atoms with Gasteiger partial charge in [0.1, 0.15) is 5.75 Å². The average Bonchev–Trinajstić information content (AvgIpc) is 2.74. The van der Waals surface area contributed by atoms with Crippen LogP contribution in [0.25, 0.3) is 0 Å². The second-order valence-corrected chi connectivity index (χ2v) is 7.62. The molecule has 0 heterocycles. The summed E-state index contributed by atoms with van der Waals surface area (Å²) in [6.45, 7) is 0.626. The zero-order valence-corrected chi connectivity index (χ0v) is 18.0. The van der Waals surface area contributed by atoms with E-state index in [0.717, 1.165) is 29.8 Å². The summed E-state index contributed by atoms with van der Waals surface area (Å²) in [5.41, 5.74) is 2.93. The first-order valence-corrected chi connectivity index (χ1v) is 10.5. The van der Waals surface area contributed by atoms with Crippen LogP contribution >= 0.6 is 23.8 Å². The van der Waals surface area contributed by atoms with E-state index in [1.165, 1.54) is 5.56 Å². The molecular formula is C24H23ClN2O2S. The molecule has 0 atom stereocenters. The zero-order valence-electron chi connectivity index (χ0n) is 16.4. The summed E-state index contributed by atoms with van der Waals surface area (Å²) in [4.78, 5) is 12.2. The Balaban J connectivity index is 1.42. The Morgan fingerprint density at radius 3 is 2.47 bits per heavy atom. The maximum Gasteiger partial charge on any atom is 0.230 e. The molecule has 0 aromatic heterocycles. The third-order valence-corrected chi connectivity index (χ3v) is 4.80. The SMILES string of the molecule is O=C(Cc1ccc(Cl)cc1)NC(=S)Nc1cccc(OCCCc2ccccc2)c1. The van der Waals surface area contributed by atoms with E-state index in [4.69, 9.17) is 28.6 Å². The summed E-state index contributed by atoms with van der Waals surface area (Å²) in [7, 11) is 0. The molecule has 0 saturated carbocycles. The summed E-state index contributed by atoms with van der Waals surface area (Å²) in [5.74, 6) is 0.562. The molecule has 0 aliphatic rings. The van der Waals surface area contributed by atoms with Crippen molar-refractivity contribution in [3.8, 4) is 5.75 Å². The fourth-order valence-corrected chi connectivity index (χ4v) is 3.25. The van der Waals surface area contributed by atoms with Gasteiger partial charge in [-0.1, -0.05) is 60.1 Å². The maximum atomic E-state index is 12.2. The number of benzene rings is 3. The van der Waals surface area contributed by atoms with Gasteiger partial charge in [-0.05, 0) is 60.5 Å². The number of rotatable bonds is 8. The Kier molecular flexibility index (Phi) is 8.24. The first-order chi connectivity index (χ1) is 14.6. The molecule has 154 valence electrons. The molecule has 4 nitrogen and oxygen atoms in total. The van der Waals surface area contributed by atoms with Crippen molar-refractivity contribution in [1.29, 1.82) is 0 Å². The molecule has 3 aromatic rings. The molecule has 0 radical (unpaired) electrons. The van der Waals surface area contributed by atoms with Crippen molar-refractivity contribution < 1.29 is 9.53 Å². The van der Waals surface area contributed by atoms with Crippen LogP contribution in [-0.4, -0.2) is 17.6 Å². The molecule has 3 aromatic carbocycles. The summed E-state index contributed by atoms with van der Waals surface area (Å²) in [6, 6.07) is 25.0. The lowest BCUT2D eigenvalue weighted by Gasteiger charge is -2.12. The highest BCUT2D eigenvalue weighted by molar-refractivity contribution is 7.80. The van der Waals surface area contributed by atoms with Gasteiger partial charge in [-0.3, -0.25) is 4.79 Å². The fraction of sp³-hybridized carbons (Fsp3) is 0.167. The molecular weight excluding hydrogens is 416 g/mol. The van der Waals surface area contributed by atoms with Gasteiger partial charge in [0.25, 0.3) is 0 Å². The minimum Gasteiger partial charge on any atom is -0.494 e. The number of hydrogen-bond donors (Lipinski definition) is 2. The summed E-state index contributed by atoms with van der Waals surface area (Å²) in [5, 5.41) is 6.59. The second-order valence-electron chi connectivity index (χ2n) is 6.77. The van der Waals surface area contributed by atoms with Gasteiger partial charge < -0.3 is 15.4 Å². The molecule has 2 N–H and O–H groups in total. The monoisotopic (exact) mass is 438 g/mol. The number of anilines is 1. The molecule has 0 aliphatic heterocycles. The largest absolute Gasteiger partial charge is 0.494 e. The molecule has 0 aliphatic carbocycles. The van der Waals surface area contributed by atoms with Gasteiger partial charge in [-0.25, -0.2) is 0 Å². The van der Waals surface area contributed by atoms with Crippen molar-refractivity contribution in [3.63, 3.8) is 0 Å². The van der Waals surface area contributed by atoms with Gasteiger partial charge in [-0.15, -0.1) is 0 Å². The van der Waals surface area contributed by atoms with E-state index in [1.54, 1.807) is 12.1 Å². The third kappa shape index (κ3) is 7.50. The fourth-order valence-electron chi connectivity index (χ4n) is 2.90. The number of ether oxygens (including phenoxy) is 1. The number of carbonyl (C=O) groups excluding carboxylic acids is 1. The van der Waals surface area contributed by atoms with E-state index in [1.807, 2.05) is 54.6 Å². The average molecular weight is 439 g/mol. The minimum atomic E-state index is -0.192. The summed E-state index contributed by atoms with van der Waals surface area (Å²) in [6.07, 6.45) is 2.13. The van der Waals surface area contributed by atoms with Crippen LogP contribution in [-0.2, 0) is 17.6 Å². The normalized spacial score (nSPS) is 10.3. The predicted octanol–water partition coefficient (Wildman–Crippen LogP) is 5.41. The Bertz CT molecular complexity index is 978. The van der Waals surface area contributed by atoms with Crippen LogP contribution in [0.3, 0.4) is 0 Å². The van der Waals surface area contributed by atoms with Crippen LogP contribution in [0.5, 0.6) is 5.75 Å². The van der Waals surface area contributed by atoms with E-state index in [9.17, 15) is 4.79 Å². The Labute approximate surface area is 187 Å². The first kappa shape index (κ1) is 21.8. The van der Waals surface area contributed by atoms with Crippen molar-refractivity contribution >= 4 is 40.5 Å². The summed E-state index contributed by atoms with van der Waals surface area (Å²) < 4.78 is 5.84. The van der Waals surface area contributed by atoms with E-state index < -0.39 is 0 Å². The zero-order chi connectivity index (χ0) is 21.2. The van der Waals surface area contributed by atoms with Gasteiger partial charge in [0, 0.05) is 16.8 Å². The number of halogens is 1. The quantitative estimate of drug-likeness (QED) is 0.365. The summed E-state index contributed by atoms with van der Waals surface area (Å²) >= 11 is 11.1.